The van der Waals surface area contributed by atoms with Crippen LogP contribution in [0.15, 0.2) is 12.2 Å². The molecule has 0 aliphatic rings. The van der Waals surface area contributed by atoms with Gasteiger partial charge in [0, 0.05) is 5.57 Å². The maximum absolute atomic E-state index is 12.0. The molecule has 1 amide bonds. The highest BCUT2D eigenvalue weighted by Gasteiger charge is 2.46. The molecule has 0 aromatic carbocycles. The average Bonchev–Trinajstić information content (AvgIpc) is 2.19. The van der Waals surface area contributed by atoms with Gasteiger partial charge < -0.3 is 13.5 Å². The first kappa shape index (κ1) is 20.8. The van der Waals surface area contributed by atoms with E-state index in [0.717, 1.165) is 6.42 Å². The topological polar surface area (TPSA) is 47.6 Å². The smallest absolute Gasteiger partial charge is 0.337 e. The molecule has 1 unspecified atom stereocenters. The fourth-order valence-corrected chi connectivity index (χ4v) is 14.8. The summed E-state index contributed by atoms with van der Waals surface area (Å²) in [6.45, 7) is 22.6. The summed E-state index contributed by atoms with van der Waals surface area (Å²) in [6, 6.07) is 0. The standard InChI is InChI=1S/C14H33NO3Si3/c1-11-13(15-14(16)12(2)3)21(10,17-19(4,5)6)18-20(7,8)9/h13H,2,11H2,1,3-10H3,(H,15,16). The first-order valence-corrected chi connectivity index (χ1v) is 16.8. The minimum absolute atomic E-state index is 0.0554. The number of hydrogen-bond acceptors (Lipinski definition) is 3. The van der Waals surface area contributed by atoms with Crippen LogP contribution in [0.2, 0.25) is 45.8 Å². The Hall–Kier alpha value is -0.219. The fourth-order valence-electron chi connectivity index (χ4n) is 2.26. The Morgan fingerprint density at radius 1 is 1.05 bits per heavy atom. The van der Waals surface area contributed by atoms with Crippen molar-refractivity contribution in [3.63, 3.8) is 0 Å². The molecule has 4 nitrogen and oxygen atoms in total. The average molecular weight is 348 g/mol. The summed E-state index contributed by atoms with van der Waals surface area (Å²) in [4.78, 5) is 12.0. The lowest BCUT2D eigenvalue weighted by atomic mass is 10.3. The van der Waals surface area contributed by atoms with Gasteiger partial charge in [0.15, 0.2) is 16.6 Å². The molecule has 1 atom stereocenters. The zero-order valence-corrected chi connectivity index (χ0v) is 18.2. The van der Waals surface area contributed by atoms with E-state index in [-0.39, 0.29) is 11.6 Å². The third kappa shape index (κ3) is 8.10. The van der Waals surface area contributed by atoms with Crippen LogP contribution in [0.1, 0.15) is 20.3 Å². The maximum Gasteiger partial charge on any atom is 0.337 e. The van der Waals surface area contributed by atoms with Crippen molar-refractivity contribution in [3.8, 4) is 0 Å². The summed E-state index contributed by atoms with van der Waals surface area (Å²) in [7, 11) is -6.04. The maximum atomic E-state index is 12.0. The molecular formula is C14H33NO3Si3. The van der Waals surface area contributed by atoms with Crippen LogP contribution in [0.25, 0.3) is 0 Å². The molecule has 0 rings (SSSR count). The Labute approximate surface area is 133 Å². The molecule has 0 heterocycles. The molecule has 7 heteroatoms. The van der Waals surface area contributed by atoms with Gasteiger partial charge in [0.1, 0.15) is 0 Å². The van der Waals surface area contributed by atoms with E-state index >= 15 is 0 Å². The highest BCUT2D eigenvalue weighted by molar-refractivity contribution is 6.88. The predicted molar refractivity (Wildman–Crippen MR) is 97.5 cm³/mol. The van der Waals surface area contributed by atoms with Gasteiger partial charge in [-0.25, -0.2) is 0 Å². The largest absolute Gasteiger partial charge is 0.435 e. The minimum atomic E-state index is -2.51. The van der Waals surface area contributed by atoms with Gasteiger partial charge in [-0.3, -0.25) is 4.79 Å². The summed E-state index contributed by atoms with van der Waals surface area (Å²) < 4.78 is 13.0. The number of carbonyl (C=O) groups excluding carboxylic acids is 1. The van der Waals surface area contributed by atoms with Gasteiger partial charge in [-0.1, -0.05) is 13.5 Å². The van der Waals surface area contributed by atoms with Gasteiger partial charge in [0.25, 0.3) is 0 Å². The molecule has 0 spiro atoms. The summed E-state index contributed by atoms with van der Waals surface area (Å²) in [5.41, 5.74) is 0.464. The summed E-state index contributed by atoms with van der Waals surface area (Å²) in [5.74, 6) is -0.112. The summed E-state index contributed by atoms with van der Waals surface area (Å²) >= 11 is 0. The first-order chi connectivity index (χ1) is 9.20. The van der Waals surface area contributed by atoms with Gasteiger partial charge in [-0.2, -0.15) is 0 Å². The second-order valence-electron chi connectivity index (χ2n) is 7.66. The van der Waals surface area contributed by atoms with Crippen LogP contribution < -0.4 is 5.32 Å². The van der Waals surface area contributed by atoms with Gasteiger partial charge in [-0.05, 0) is 59.2 Å². The van der Waals surface area contributed by atoms with E-state index in [0.29, 0.717) is 5.57 Å². The lowest BCUT2D eigenvalue weighted by Crippen LogP contribution is -2.64. The molecule has 124 valence electrons. The first-order valence-electron chi connectivity index (χ1n) is 7.57. The van der Waals surface area contributed by atoms with Crippen LogP contribution in [-0.4, -0.2) is 36.8 Å². The second kappa shape index (κ2) is 7.36. The van der Waals surface area contributed by atoms with Crippen LogP contribution in [-0.2, 0) is 13.0 Å². The minimum Gasteiger partial charge on any atom is -0.435 e. The molecule has 0 aliphatic heterocycles. The predicted octanol–water partition coefficient (Wildman–Crippen LogP) is 3.77. The van der Waals surface area contributed by atoms with Crippen molar-refractivity contribution in [1.82, 2.24) is 5.32 Å². The molecule has 0 saturated carbocycles. The summed E-state index contributed by atoms with van der Waals surface area (Å²) in [5, 5.41) is 3.07. The van der Waals surface area contributed by atoms with Crippen molar-refractivity contribution in [2.24, 2.45) is 0 Å². The quantitative estimate of drug-likeness (QED) is 0.537. The van der Waals surface area contributed by atoms with Gasteiger partial charge in [-0.15, -0.1) is 0 Å². The summed E-state index contributed by atoms with van der Waals surface area (Å²) in [6.07, 6.45) is 0.802. The lowest BCUT2D eigenvalue weighted by molar-refractivity contribution is -0.117. The third-order valence-electron chi connectivity index (χ3n) is 2.75. The Balaban J connectivity index is 5.41. The monoisotopic (exact) mass is 347 g/mol. The Morgan fingerprint density at radius 3 is 1.67 bits per heavy atom. The number of rotatable bonds is 8. The van der Waals surface area contributed by atoms with Crippen molar-refractivity contribution in [1.29, 1.82) is 0 Å². The van der Waals surface area contributed by atoms with Crippen molar-refractivity contribution < 1.29 is 13.0 Å². The Morgan fingerprint density at radius 2 is 1.43 bits per heavy atom. The van der Waals surface area contributed by atoms with E-state index in [2.05, 4.69) is 64.6 Å². The van der Waals surface area contributed by atoms with Gasteiger partial charge >= 0.3 is 8.56 Å². The molecule has 0 aromatic heterocycles. The lowest BCUT2D eigenvalue weighted by Gasteiger charge is -2.43. The van der Waals surface area contributed by atoms with Crippen molar-refractivity contribution in [2.45, 2.75) is 71.8 Å². The Bertz CT molecular complexity index is 370. The third-order valence-corrected chi connectivity index (χ3v) is 12.7. The molecule has 21 heavy (non-hydrogen) atoms. The molecule has 0 fully saturated rings. The zero-order valence-electron chi connectivity index (χ0n) is 15.2. The zero-order chi connectivity index (χ0) is 17.1. The highest BCUT2D eigenvalue weighted by atomic mass is 28.5. The van der Waals surface area contributed by atoms with Crippen LogP contribution in [0.5, 0.6) is 0 Å². The molecule has 0 saturated heterocycles. The molecule has 1 N–H and O–H groups in total. The molecule has 0 radical (unpaired) electrons. The SMILES string of the molecule is C=C(C)C(=O)NC(CC)[Si](C)(O[Si](C)(C)C)O[Si](C)(C)C. The van der Waals surface area contributed by atoms with Gasteiger partial charge in [0.2, 0.25) is 5.91 Å². The van der Waals surface area contributed by atoms with Gasteiger partial charge in [0.05, 0.1) is 5.67 Å². The van der Waals surface area contributed by atoms with Crippen molar-refractivity contribution in [3.05, 3.63) is 12.2 Å². The van der Waals surface area contributed by atoms with Crippen LogP contribution in [0, 0.1) is 0 Å². The van der Waals surface area contributed by atoms with E-state index in [1.54, 1.807) is 6.92 Å². The number of hydrogen-bond donors (Lipinski definition) is 1. The number of nitrogens with one attached hydrogen (secondary N) is 1. The number of amides is 1. The molecular weight excluding hydrogens is 314 g/mol. The van der Waals surface area contributed by atoms with E-state index in [1.165, 1.54) is 0 Å². The van der Waals surface area contributed by atoms with Crippen molar-refractivity contribution >= 4 is 31.1 Å². The van der Waals surface area contributed by atoms with E-state index in [4.69, 9.17) is 8.23 Å². The van der Waals surface area contributed by atoms with Crippen LogP contribution >= 0.6 is 0 Å². The molecule has 0 bridgehead atoms. The Kier molecular flexibility index (Phi) is 7.29. The van der Waals surface area contributed by atoms with E-state index in [9.17, 15) is 4.79 Å². The van der Waals surface area contributed by atoms with Crippen molar-refractivity contribution in [2.75, 3.05) is 0 Å². The van der Waals surface area contributed by atoms with Crippen LogP contribution in [0.4, 0.5) is 0 Å². The fraction of sp³-hybridized carbons (Fsp3) is 0.786. The highest BCUT2D eigenvalue weighted by Crippen LogP contribution is 2.25. The second-order valence-corrected chi connectivity index (χ2v) is 20.5. The molecule has 0 aromatic rings. The van der Waals surface area contributed by atoms with E-state index in [1.807, 2.05) is 0 Å². The molecule has 0 aliphatic carbocycles. The normalized spacial score (nSPS) is 14.7. The number of carbonyl (C=O) groups is 1. The van der Waals surface area contributed by atoms with E-state index < -0.39 is 25.2 Å². The van der Waals surface area contributed by atoms with Crippen LogP contribution in [0.3, 0.4) is 0 Å².